The van der Waals surface area contributed by atoms with Crippen molar-refractivity contribution in [2.45, 2.75) is 38.5 Å². The first-order valence-electron chi connectivity index (χ1n) is 10.0. The van der Waals surface area contributed by atoms with Crippen molar-refractivity contribution in [3.8, 4) is 18.2 Å². The van der Waals surface area contributed by atoms with Gasteiger partial charge in [-0.25, -0.2) is 5.26 Å². The van der Waals surface area contributed by atoms with E-state index in [1.54, 1.807) is 40.1 Å². The molecule has 0 aliphatic heterocycles. The fraction of sp³-hybridized carbons (Fsp3) is 0.240. The molecule has 0 atom stereocenters. The molecule has 0 unspecified atom stereocenters. The van der Waals surface area contributed by atoms with Crippen molar-refractivity contribution < 1.29 is 0 Å². The van der Waals surface area contributed by atoms with Crippen molar-refractivity contribution in [1.82, 2.24) is 0 Å². The van der Waals surface area contributed by atoms with Gasteiger partial charge in [0, 0.05) is 26.8 Å². The van der Waals surface area contributed by atoms with E-state index in [1.165, 1.54) is 34.8 Å². The van der Waals surface area contributed by atoms with Crippen LogP contribution in [0.3, 0.4) is 0 Å². The van der Waals surface area contributed by atoms with Gasteiger partial charge in [0.2, 0.25) is 0 Å². The number of thiophene rings is 3. The summed E-state index contributed by atoms with van der Waals surface area (Å²) in [4.78, 5) is 9.90. The molecular formula is C25H15N5S3. The lowest BCUT2D eigenvalue weighted by Crippen LogP contribution is -2.16. The van der Waals surface area contributed by atoms with Gasteiger partial charge in [0.25, 0.3) is 0 Å². The lowest BCUT2D eigenvalue weighted by molar-refractivity contribution is 0.641. The molecule has 0 aromatic carbocycles. The molecule has 5 rings (SSSR count). The van der Waals surface area contributed by atoms with Crippen LogP contribution in [0.1, 0.15) is 48.6 Å². The predicted octanol–water partition coefficient (Wildman–Crippen LogP) is 7.30. The third-order valence-corrected chi connectivity index (χ3v) is 10.3. The molecule has 0 bridgehead atoms. The zero-order valence-electron chi connectivity index (χ0n) is 18.2. The predicted molar refractivity (Wildman–Crippen MR) is 136 cm³/mol. The van der Waals surface area contributed by atoms with Crippen LogP contribution >= 0.6 is 34.0 Å². The van der Waals surface area contributed by atoms with E-state index in [1.807, 2.05) is 24.3 Å². The summed E-state index contributed by atoms with van der Waals surface area (Å²) in [5.41, 5.74) is 3.61. The maximum Gasteiger partial charge on any atom is 0.349 e. The van der Waals surface area contributed by atoms with Gasteiger partial charge >= 0.3 is 5.84 Å². The largest absolute Gasteiger partial charge is 0.351 e. The van der Waals surface area contributed by atoms with Gasteiger partial charge in [0.15, 0.2) is 0 Å². The Labute approximate surface area is 203 Å². The van der Waals surface area contributed by atoms with Crippen molar-refractivity contribution in [2.75, 3.05) is 0 Å². The van der Waals surface area contributed by atoms with Crippen molar-refractivity contribution in [2.24, 2.45) is 4.99 Å². The third-order valence-electron chi connectivity index (χ3n) is 6.33. The highest BCUT2D eigenvalue weighted by atomic mass is 32.1. The summed E-state index contributed by atoms with van der Waals surface area (Å²) >= 11 is 5.29. The molecule has 3 heterocycles. The average molecular weight is 482 g/mol. The van der Waals surface area contributed by atoms with Crippen molar-refractivity contribution in [1.29, 1.82) is 15.8 Å². The molecule has 3 aromatic rings. The monoisotopic (exact) mass is 481 g/mol. The van der Waals surface area contributed by atoms with Crippen LogP contribution in [0.25, 0.3) is 35.8 Å². The first kappa shape index (κ1) is 21.3. The van der Waals surface area contributed by atoms with Gasteiger partial charge in [-0.15, -0.1) is 39.0 Å². The highest BCUT2D eigenvalue weighted by molar-refractivity contribution is 7.39. The van der Waals surface area contributed by atoms with Crippen LogP contribution in [0.4, 0.5) is 0 Å². The molecular weight excluding hydrogens is 467 g/mol. The molecule has 0 amide bonds. The van der Waals surface area contributed by atoms with E-state index < -0.39 is 5.41 Å². The van der Waals surface area contributed by atoms with Crippen molar-refractivity contribution in [3.63, 3.8) is 0 Å². The maximum absolute atomic E-state index is 9.20. The van der Waals surface area contributed by atoms with Crippen LogP contribution in [0.15, 0.2) is 27.9 Å². The number of hydrogen-bond donors (Lipinski definition) is 0. The Bertz CT molecular complexity index is 1540. The standard InChI is InChI=1S/C25H15N5S3/c1-24(2)13(6-12(9-26)10-27)7-14-18(24)20-22(31-14)23-21(33-20)19-15(32-23)8-16(25(19,3)4)30-17(11-28)29-5/h6-8H,1-4H3. The Morgan fingerprint density at radius 1 is 0.879 bits per heavy atom. The molecule has 0 radical (unpaired) electrons. The third kappa shape index (κ3) is 2.80. The van der Waals surface area contributed by atoms with E-state index >= 15 is 0 Å². The van der Waals surface area contributed by atoms with E-state index in [9.17, 15) is 10.5 Å². The minimum Gasteiger partial charge on any atom is -0.351 e. The highest BCUT2D eigenvalue weighted by Gasteiger charge is 2.42. The van der Waals surface area contributed by atoms with Crippen LogP contribution in [0, 0.1) is 40.6 Å². The SMILES string of the molecule is [C-]#[N+]C(C#N)=NC1=Cc2sc3c(sc4c5c(sc43)C=C(C=C(C#N)C#N)C5(C)C)c2C1(C)C. The molecule has 2 aliphatic rings. The quantitative estimate of drug-likeness (QED) is 0.166. The van der Waals surface area contributed by atoms with Gasteiger partial charge in [0.1, 0.15) is 29.5 Å². The molecule has 0 N–H and O–H groups in total. The van der Waals surface area contributed by atoms with Crippen LogP contribution in [-0.4, -0.2) is 5.84 Å². The second-order valence-electron chi connectivity index (χ2n) is 8.92. The van der Waals surface area contributed by atoms with E-state index in [0.29, 0.717) is 0 Å². The Morgan fingerprint density at radius 2 is 1.45 bits per heavy atom. The first-order chi connectivity index (χ1) is 15.7. The molecule has 0 spiro atoms. The van der Waals surface area contributed by atoms with E-state index in [4.69, 9.17) is 11.8 Å². The second kappa shape index (κ2) is 6.98. The van der Waals surface area contributed by atoms with Crippen molar-refractivity contribution in [3.05, 3.63) is 55.2 Å². The summed E-state index contributed by atoms with van der Waals surface area (Å²) in [5.74, 6) is -0.145. The van der Waals surface area contributed by atoms with E-state index in [2.05, 4.69) is 43.6 Å². The normalized spacial score (nSPS) is 17.4. The first-order valence-corrected chi connectivity index (χ1v) is 12.5. The number of nitriles is 3. The topological polar surface area (TPSA) is 88.1 Å². The Balaban J connectivity index is 1.69. The number of fused-ring (bicyclic) bond motifs is 7. The van der Waals surface area contributed by atoms with Gasteiger partial charge in [0.05, 0.1) is 24.2 Å². The zero-order valence-corrected chi connectivity index (χ0v) is 20.6. The van der Waals surface area contributed by atoms with E-state index in [0.717, 1.165) is 16.1 Å². The molecule has 3 aromatic heterocycles. The molecule has 8 heteroatoms. The smallest absolute Gasteiger partial charge is 0.349 e. The van der Waals surface area contributed by atoms with Gasteiger partial charge in [-0.05, 0) is 37.1 Å². The van der Waals surface area contributed by atoms with Crippen LogP contribution < -0.4 is 0 Å². The molecule has 158 valence electrons. The molecule has 0 saturated carbocycles. The Kier molecular flexibility index (Phi) is 4.51. The van der Waals surface area contributed by atoms with Crippen LogP contribution in [-0.2, 0) is 10.8 Å². The highest BCUT2D eigenvalue weighted by Crippen LogP contribution is 2.59. The summed E-state index contributed by atoms with van der Waals surface area (Å²) in [6.07, 6.45) is 5.83. The van der Waals surface area contributed by atoms with Crippen LogP contribution in [0.2, 0.25) is 0 Å². The second-order valence-corrected chi connectivity index (χ2v) is 12.0. The summed E-state index contributed by atoms with van der Waals surface area (Å²) in [6.45, 7) is 15.6. The van der Waals surface area contributed by atoms with Gasteiger partial charge in [-0.3, -0.25) is 0 Å². The lowest BCUT2D eigenvalue weighted by atomic mass is 9.81. The summed E-state index contributed by atoms with van der Waals surface area (Å²) < 4.78 is 5.04. The fourth-order valence-electron chi connectivity index (χ4n) is 4.58. The average Bonchev–Trinajstić information content (AvgIpc) is 3.50. The van der Waals surface area contributed by atoms with Gasteiger partial charge in [-0.2, -0.15) is 10.5 Å². The van der Waals surface area contributed by atoms with Gasteiger partial charge in [-0.1, -0.05) is 20.4 Å². The minimum atomic E-state index is -0.396. The fourth-order valence-corrected chi connectivity index (χ4v) is 9.61. The molecule has 2 aliphatic carbocycles. The van der Waals surface area contributed by atoms with E-state index in [-0.39, 0.29) is 16.8 Å². The molecule has 0 saturated heterocycles. The summed E-state index contributed by atoms with van der Waals surface area (Å²) in [6, 6.07) is 5.79. The summed E-state index contributed by atoms with van der Waals surface area (Å²) in [7, 11) is 0. The number of hydrogen-bond acceptors (Lipinski definition) is 7. The number of rotatable bonds is 2. The Morgan fingerprint density at radius 3 is 2.00 bits per heavy atom. The number of nitrogens with zero attached hydrogens (tertiary/aromatic N) is 5. The number of aliphatic imine (C=N–C) groups is 1. The molecule has 5 nitrogen and oxygen atoms in total. The molecule has 33 heavy (non-hydrogen) atoms. The number of allylic oxidation sites excluding steroid dienone is 4. The summed E-state index contributed by atoms with van der Waals surface area (Å²) in [5, 5.41) is 27.5. The Hall–Kier alpha value is -3.53. The van der Waals surface area contributed by atoms with Crippen LogP contribution in [0.5, 0.6) is 0 Å². The minimum absolute atomic E-state index is 0.114. The zero-order chi connectivity index (χ0) is 23.7. The maximum atomic E-state index is 9.20. The van der Waals surface area contributed by atoms with Crippen molar-refractivity contribution >= 4 is 70.8 Å². The molecule has 0 fully saturated rings. The van der Waals surface area contributed by atoms with Gasteiger partial charge < -0.3 is 4.85 Å². The lowest BCUT2D eigenvalue weighted by Gasteiger charge is -2.22. The number of amidine groups is 1.